The summed E-state index contributed by atoms with van der Waals surface area (Å²) in [4.78, 5) is 2.49. The molecule has 2 aliphatic carbocycles. The Balaban J connectivity index is 1.03. The van der Waals surface area contributed by atoms with Crippen molar-refractivity contribution in [1.82, 2.24) is 0 Å². The molecule has 2 aliphatic rings. The van der Waals surface area contributed by atoms with E-state index in [1.165, 1.54) is 103 Å². The highest BCUT2D eigenvalue weighted by atomic mass is 32.1. The summed E-state index contributed by atoms with van der Waals surface area (Å²) in [7, 11) is 0. The van der Waals surface area contributed by atoms with Gasteiger partial charge in [-0.2, -0.15) is 0 Å². The molecule has 0 bridgehead atoms. The van der Waals surface area contributed by atoms with Crippen LogP contribution in [0.1, 0.15) is 25.0 Å². The second-order valence-electron chi connectivity index (χ2n) is 16.1. The summed E-state index contributed by atoms with van der Waals surface area (Å²) in [5.74, 6) is 0. The molecule has 2 heteroatoms. The molecular formula is C55H37NS. The van der Waals surface area contributed by atoms with Gasteiger partial charge in [0.25, 0.3) is 0 Å². The molecule has 0 atom stereocenters. The van der Waals surface area contributed by atoms with Gasteiger partial charge in [-0.1, -0.05) is 159 Å². The Morgan fingerprint density at radius 1 is 0.386 bits per heavy atom. The van der Waals surface area contributed by atoms with Crippen molar-refractivity contribution in [1.29, 1.82) is 0 Å². The number of benzene rings is 9. The van der Waals surface area contributed by atoms with Crippen LogP contribution in [0.4, 0.5) is 17.1 Å². The molecule has 0 unspecified atom stereocenters. The van der Waals surface area contributed by atoms with Crippen molar-refractivity contribution >= 4 is 59.3 Å². The zero-order valence-electron chi connectivity index (χ0n) is 31.8. The van der Waals surface area contributed by atoms with Crippen molar-refractivity contribution in [3.63, 3.8) is 0 Å². The molecule has 9 aromatic carbocycles. The smallest absolute Gasteiger partial charge is 0.0540 e. The summed E-state index contributed by atoms with van der Waals surface area (Å²) >= 11 is 1.89. The average molecular weight is 744 g/mol. The first-order valence-corrected chi connectivity index (χ1v) is 20.7. The maximum atomic E-state index is 2.49. The van der Waals surface area contributed by atoms with Crippen LogP contribution < -0.4 is 4.90 Å². The number of anilines is 3. The normalized spacial score (nSPS) is 13.2. The van der Waals surface area contributed by atoms with Gasteiger partial charge in [-0.05, 0) is 115 Å². The molecule has 0 amide bonds. The molecule has 12 rings (SSSR count). The number of rotatable bonds is 5. The van der Waals surface area contributed by atoms with Crippen molar-refractivity contribution in [2.24, 2.45) is 0 Å². The minimum Gasteiger partial charge on any atom is -0.310 e. The zero-order chi connectivity index (χ0) is 37.8. The molecule has 10 aromatic rings. The standard InChI is InChI=1S/C55H37NS/c1-55(2)49-32-36(34-12-4-3-5-13-34)24-28-42(49)43-29-27-38(33-50(43)55)56(51-31-30-46-41-15-7-6-14-40(41)45-18-11-20-48(51)53(45)46)37-25-22-35(23-26-37)39-17-10-19-47-44-16-8-9-21-52(44)57-54(39)47/h3-33H,1-2H3. The Hall–Kier alpha value is -6.74. The van der Waals surface area contributed by atoms with Gasteiger partial charge in [0.1, 0.15) is 0 Å². The third kappa shape index (κ3) is 4.75. The van der Waals surface area contributed by atoms with Crippen LogP contribution in [0.5, 0.6) is 0 Å². The monoisotopic (exact) mass is 743 g/mol. The second-order valence-corrected chi connectivity index (χ2v) is 17.1. The van der Waals surface area contributed by atoms with E-state index in [0.29, 0.717) is 0 Å². The third-order valence-corrected chi connectivity index (χ3v) is 13.9. The van der Waals surface area contributed by atoms with Crippen LogP contribution in [0.25, 0.3) is 86.6 Å². The second kappa shape index (κ2) is 12.1. The van der Waals surface area contributed by atoms with Crippen LogP contribution in [-0.2, 0) is 5.41 Å². The van der Waals surface area contributed by atoms with Crippen LogP contribution in [-0.4, -0.2) is 0 Å². The number of hydrogen-bond donors (Lipinski definition) is 0. The Morgan fingerprint density at radius 3 is 1.77 bits per heavy atom. The quantitative estimate of drug-likeness (QED) is 0.170. The summed E-state index contributed by atoms with van der Waals surface area (Å²) in [5.41, 5.74) is 19.0. The molecule has 1 heterocycles. The van der Waals surface area contributed by atoms with Crippen molar-refractivity contribution in [3.05, 3.63) is 199 Å². The van der Waals surface area contributed by atoms with Crippen molar-refractivity contribution in [2.75, 3.05) is 4.90 Å². The molecule has 0 saturated heterocycles. The highest BCUT2D eigenvalue weighted by molar-refractivity contribution is 7.26. The molecule has 1 nitrogen and oxygen atoms in total. The Kier molecular flexibility index (Phi) is 6.91. The molecule has 0 radical (unpaired) electrons. The van der Waals surface area contributed by atoms with E-state index in [1.807, 2.05) is 11.3 Å². The first-order chi connectivity index (χ1) is 28.0. The summed E-state index contributed by atoms with van der Waals surface area (Å²) in [6, 6.07) is 70.1. The first-order valence-electron chi connectivity index (χ1n) is 19.8. The van der Waals surface area contributed by atoms with Gasteiger partial charge in [0.2, 0.25) is 0 Å². The highest BCUT2D eigenvalue weighted by Gasteiger charge is 2.36. The van der Waals surface area contributed by atoms with E-state index in [9.17, 15) is 0 Å². The molecule has 0 saturated carbocycles. The van der Waals surface area contributed by atoms with Crippen LogP contribution in [0, 0.1) is 0 Å². The Morgan fingerprint density at radius 2 is 0.965 bits per heavy atom. The van der Waals surface area contributed by atoms with Crippen molar-refractivity contribution in [2.45, 2.75) is 19.3 Å². The fourth-order valence-corrected chi connectivity index (χ4v) is 11.1. The van der Waals surface area contributed by atoms with Gasteiger partial charge >= 0.3 is 0 Å². The topological polar surface area (TPSA) is 3.24 Å². The van der Waals surface area contributed by atoms with E-state index in [4.69, 9.17) is 0 Å². The van der Waals surface area contributed by atoms with Gasteiger partial charge in [0.05, 0.1) is 5.69 Å². The predicted octanol–water partition coefficient (Wildman–Crippen LogP) is 16.0. The van der Waals surface area contributed by atoms with E-state index in [1.54, 1.807) is 0 Å². The van der Waals surface area contributed by atoms with Gasteiger partial charge in [-0.25, -0.2) is 0 Å². The van der Waals surface area contributed by atoms with Crippen LogP contribution >= 0.6 is 11.3 Å². The molecule has 0 N–H and O–H groups in total. The summed E-state index contributed by atoms with van der Waals surface area (Å²) in [6.07, 6.45) is 0. The lowest BCUT2D eigenvalue weighted by atomic mass is 9.81. The SMILES string of the molecule is CC1(C)c2cc(-c3ccccc3)ccc2-c2ccc(N(c3ccc(-c4cccc5c4sc4ccccc45)cc3)c3ccc4c5c(cccc35)-c3ccccc3-4)cc21. The highest BCUT2D eigenvalue weighted by Crippen LogP contribution is 2.54. The molecule has 57 heavy (non-hydrogen) atoms. The zero-order valence-corrected chi connectivity index (χ0v) is 32.6. The molecule has 0 aliphatic heterocycles. The predicted molar refractivity (Wildman–Crippen MR) is 244 cm³/mol. The van der Waals surface area contributed by atoms with E-state index in [-0.39, 0.29) is 5.41 Å². The van der Waals surface area contributed by atoms with Crippen LogP contribution in [0.3, 0.4) is 0 Å². The fourth-order valence-electron chi connectivity index (χ4n) is 9.85. The molecule has 0 spiro atoms. The number of nitrogens with zero attached hydrogens (tertiary/aromatic N) is 1. The summed E-state index contributed by atoms with van der Waals surface area (Å²) in [6.45, 7) is 4.78. The lowest BCUT2D eigenvalue weighted by molar-refractivity contribution is 0.660. The summed E-state index contributed by atoms with van der Waals surface area (Å²) < 4.78 is 2.67. The minimum absolute atomic E-state index is 0.173. The largest absolute Gasteiger partial charge is 0.310 e. The maximum absolute atomic E-state index is 2.49. The average Bonchev–Trinajstić information content (AvgIpc) is 3.88. The molecule has 268 valence electrons. The van der Waals surface area contributed by atoms with E-state index >= 15 is 0 Å². The van der Waals surface area contributed by atoms with E-state index in [0.717, 1.165) is 11.4 Å². The molecule has 1 aromatic heterocycles. The van der Waals surface area contributed by atoms with Gasteiger partial charge < -0.3 is 4.90 Å². The van der Waals surface area contributed by atoms with Gasteiger partial charge in [-0.3, -0.25) is 0 Å². The number of thiophene rings is 1. The number of hydrogen-bond acceptors (Lipinski definition) is 2. The third-order valence-electron chi connectivity index (χ3n) is 12.6. The van der Waals surface area contributed by atoms with Crippen molar-refractivity contribution in [3.8, 4) is 55.6 Å². The lowest BCUT2D eigenvalue weighted by Gasteiger charge is -2.29. The lowest BCUT2D eigenvalue weighted by Crippen LogP contribution is -2.17. The Labute approximate surface area is 336 Å². The number of fused-ring (bicyclic) bond motifs is 9. The van der Waals surface area contributed by atoms with E-state index < -0.39 is 0 Å². The molecular weight excluding hydrogens is 707 g/mol. The van der Waals surface area contributed by atoms with Gasteiger partial charge in [0, 0.05) is 42.3 Å². The van der Waals surface area contributed by atoms with E-state index in [2.05, 4.69) is 207 Å². The fraction of sp³-hybridized carbons (Fsp3) is 0.0545. The minimum atomic E-state index is -0.173. The first kappa shape index (κ1) is 32.5. The maximum Gasteiger partial charge on any atom is 0.0540 e. The van der Waals surface area contributed by atoms with Gasteiger partial charge in [0.15, 0.2) is 0 Å². The summed E-state index contributed by atoms with van der Waals surface area (Å²) in [5, 5.41) is 5.24. The van der Waals surface area contributed by atoms with Crippen LogP contribution in [0.15, 0.2) is 188 Å². The van der Waals surface area contributed by atoms with Gasteiger partial charge in [-0.15, -0.1) is 11.3 Å². The Bertz CT molecular complexity index is 3230. The molecule has 0 fully saturated rings. The van der Waals surface area contributed by atoms with Crippen LogP contribution in [0.2, 0.25) is 0 Å². The van der Waals surface area contributed by atoms with Crippen molar-refractivity contribution < 1.29 is 0 Å².